The van der Waals surface area contributed by atoms with Crippen molar-refractivity contribution < 1.29 is 0 Å². The second-order valence-corrected chi connectivity index (χ2v) is 14.4. The van der Waals surface area contributed by atoms with Gasteiger partial charge in [-0.25, -0.2) is 15.0 Å². The number of pyridine rings is 1. The van der Waals surface area contributed by atoms with Gasteiger partial charge in [-0.2, -0.15) is 0 Å². The number of aromatic nitrogens is 3. The zero-order chi connectivity index (χ0) is 31.3. The molecule has 0 saturated heterocycles. The molecule has 7 aromatic carbocycles. The van der Waals surface area contributed by atoms with Gasteiger partial charge in [-0.05, 0) is 45.1 Å². The Morgan fingerprint density at radius 2 is 0.979 bits per heavy atom. The van der Waals surface area contributed by atoms with E-state index in [1.807, 2.05) is 11.3 Å². The molecule has 0 unspecified atom stereocenters. The van der Waals surface area contributed by atoms with E-state index < -0.39 is 0 Å². The molecule has 3 nitrogen and oxygen atoms in total. The Morgan fingerprint density at radius 3 is 1.75 bits per heavy atom. The van der Waals surface area contributed by atoms with Crippen molar-refractivity contribution in [2.24, 2.45) is 0 Å². The van der Waals surface area contributed by atoms with Crippen LogP contribution in [0.2, 0.25) is 0 Å². The highest BCUT2D eigenvalue weighted by Crippen LogP contribution is 2.47. The lowest BCUT2D eigenvalue weighted by molar-refractivity contribution is 1.22. The molecule has 0 saturated carbocycles. The maximum absolute atomic E-state index is 5.58. The van der Waals surface area contributed by atoms with E-state index in [-0.39, 0.29) is 0 Å². The Morgan fingerprint density at radius 1 is 0.396 bits per heavy atom. The Kier molecular flexibility index (Phi) is 5.42. The number of nitrogens with zero attached hydrogens (tertiary/aromatic N) is 3. The molecular weight excluding hydrogens is 623 g/mol. The lowest BCUT2D eigenvalue weighted by Crippen LogP contribution is -1.98. The molecule has 0 aliphatic rings. The first-order valence-corrected chi connectivity index (χ1v) is 17.7. The number of rotatable bonds is 2. The highest BCUT2D eigenvalue weighted by atomic mass is 32.1. The molecule has 0 radical (unpaired) electrons. The van der Waals surface area contributed by atoms with Crippen molar-refractivity contribution in [1.29, 1.82) is 0 Å². The predicted molar refractivity (Wildman–Crippen MR) is 207 cm³/mol. The van der Waals surface area contributed by atoms with Crippen LogP contribution >= 0.6 is 22.7 Å². The van der Waals surface area contributed by atoms with Gasteiger partial charge >= 0.3 is 0 Å². The lowest BCUT2D eigenvalue weighted by atomic mass is 9.95. The molecule has 11 rings (SSSR count). The van der Waals surface area contributed by atoms with E-state index in [1.165, 1.54) is 62.6 Å². The van der Waals surface area contributed by atoms with Gasteiger partial charge in [0.15, 0.2) is 5.82 Å². The summed E-state index contributed by atoms with van der Waals surface area (Å²) >= 11 is 3.55. The van der Waals surface area contributed by atoms with Gasteiger partial charge < -0.3 is 0 Å². The van der Waals surface area contributed by atoms with Crippen LogP contribution in [0.1, 0.15) is 0 Å². The van der Waals surface area contributed by atoms with Gasteiger partial charge in [0.25, 0.3) is 0 Å². The van der Waals surface area contributed by atoms with E-state index in [0.29, 0.717) is 5.82 Å². The number of hydrogen-bond donors (Lipinski definition) is 0. The molecule has 0 amide bonds. The third-order valence-corrected chi connectivity index (χ3v) is 11.9. The highest BCUT2D eigenvalue weighted by molar-refractivity contribution is 7.27. The Bertz CT molecular complexity index is 3140. The highest BCUT2D eigenvalue weighted by Gasteiger charge is 2.22. The van der Waals surface area contributed by atoms with Crippen molar-refractivity contribution in [1.82, 2.24) is 15.0 Å². The third-order valence-electron chi connectivity index (χ3n) is 9.66. The van der Waals surface area contributed by atoms with Gasteiger partial charge in [0.1, 0.15) is 10.5 Å². The molecule has 0 aliphatic carbocycles. The molecule has 0 bridgehead atoms. The van der Waals surface area contributed by atoms with E-state index in [9.17, 15) is 0 Å². The van der Waals surface area contributed by atoms with Crippen LogP contribution in [0.25, 0.3) is 106 Å². The van der Waals surface area contributed by atoms with E-state index in [0.717, 1.165) is 38.1 Å². The minimum Gasteiger partial charge on any atom is -0.242 e. The maximum atomic E-state index is 5.58. The van der Waals surface area contributed by atoms with Crippen molar-refractivity contribution in [2.45, 2.75) is 0 Å². The molecule has 0 atom stereocenters. The van der Waals surface area contributed by atoms with Crippen LogP contribution in [-0.2, 0) is 0 Å². The summed E-state index contributed by atoms with van der Waals surface area (Å²) in [5.41, 5.74) is 3.84. The Hall–Kier alpha value is -5.75. The fourth-order valence-corrected chi connectivity index (χ4v) is 9.83. The fourth-order valence-electron chi connectivity index (χ4n) is 7.54. The molecule has 222 valence electrons. The Labute approximate surface area is 282 Å². The van der Waals surface area contributed by atoms with Crippen LogP contribution in [0.15, 0.2) is 140 Å². The molecule has 5 heteroatoms. The molecule has 0 N–H and O–H groups in total. The smallest absolute Gasteiger partial charge is 0.180 e. The molecule has 0 aliphatic heterocycles. The van der Waals surface area contributed by atoms with E-state index >= 15 is 0 Å². The van der Waals surface area contributed by atoms with Crippen LogP contribution in [0, 0.1) is 0 Å². The predicted octanol–water partition coefficient (Wildman–Crippen LogP) is 12.6. The lowest BCUT2D eigenvalue weighted by Gasteiger charge is -2.14. The van der Waals surface area contributed by atoms with Crippen LogP contribution in [-0.4, -0.2) is 15.0 Å². The summed E-state index contributed by atoms with van der Waals surface area (Å²) in [5, 5.41) is 13.1. The minimum atomic E-state index is 0.651. The quantitative estimate of drug-likeness (QED) is 0.176. The van der Waals surface area contributed by atoms with Crippen molar-refractivity contribution in [3.05, 3.63) is 140 Å². The van der Waals surface area contributed by atoms with Gasteiger partial charge in [-0.15, -0.1) is 22.7 Å². The number of hydrogen-bond acceptors (Lipinski definition) is 5. The van der Waals surface area contributed by atoms with Crippen LogP contribution in [0.3, 0.4) is 0 Å². The molecule has 48 heavy (non-hydrogen) atoms. The second kappa shape index (κ2) is 9.88. The van der Waals surface area contributed by atoms with E-state index in [2.05, 4.69) is 140 Å². The minimum absolute atomic E-state index is 0.651. The van der Waals surface area contributed by atoms with Crippen molar-refractivity contribution >= 4 is 106 Å². The average Bonchev–Trinajstić information content (AvgIpc) is 3.73. The molecule has 4 heterocycles. The van der Waals surface area contributed by atoms with Crippen molar-refractivity contribution in [3.63, 3.8) is 0 Å². The first-order valence-electron chi connectivity index (χ1n) is 16.0. The molecule has 0 fully saturated rings. The standard InChI is InChI=1S/C43H23N3S2/c1-2-12-25-23-26(22-21-24(25)11-1)38-37-32-18-8-10-20-34(32)48-43(37)46-42(45-38)39-30-16-6-5-15-29(30)35-27-13-3-4-14-28(27)36-31-17-7-9-19-33(31)47-41(36)40(35)44-39/h1-23H. The normalized spacial score (nSPS) is 12.2. The molecule has 11 aromatic rings. The summed E-state index contributed by atoms with van der Waals surface area (Å²) in [6, 6.07) is 49.9. The number of fused-ring (bicyclic) bond motifs is 14. The summed E-state index contributed by atoms with van der Waals surface area (Å²) in [4.78, 5) is 17.3. The van der Waals surface area contributed by atoms with Gasteiger partial charge in [-0.1, -0.05) is 121 Å². The topological polar surface area (TPSA) is 38.7 Å². The summed E-state index contributed by atoms with van der Waals surface area (Å²) in [7, 11) is 0. The van der Waals surface area contributed by atoms with Crippen LogP contribution in [0.4, 0.5) is 0 Å². The fraction of sp³-hybridized carbons (Fsp3) is 0. The van der Waals surface area contributed by atoms with Crippen molar-refractivity contribution in [2.75, 3.05) is 0 Å². The van der Waals surface area contributed by atoms with Gasteiger partial charge in [0.05, 0.1) is 15.9 Å². The Balaban J connectivity index is 1.30. The van der Waals surface area contributed by atoms with E-state index in [1.54, 1.807) is 11.3 Å². The van der Waals surface area contributed by atoms with Gasteiger partial charge in [0.2, 0.25) is 0 Å². The summed E-state index contributed by atoms with van der Waals surface area (Å²) in [6.07, 6.45) is 0. The number of benzene rings is 7. The first kappa shape index (κ1) is 26.3. The number of thiophene rings is 2. The van der Waals surface area contributed by atoms with E-state index in [4.69, 9.17) is 15.0 Å². The summed E-state index contributed by atoms with van der Waals surface area (Å²) in [6.45, 7) is 0. The second-order valence-electron chi connectivity index (χ2n) is 12.3. The molecule has 4 aromatic heterocycles. The average molecular weight is 646 g/mol. The van der Waals surface area contributed by atoms with Crippen LogP contribution < -0.4 is 0 Å². The summed E-state index contributed by atoms with van der Waals surface area (Å²) < 4.78 is 3.67. The summed E-state index contributed by atoms with van der Waals surface area (Å²) in [5.74, 6) is 0.651. The van der Waals surface area contributed by atoms with Gasteiger partial charge in [0, 0.05) is 47.3 Å². The SMILES string of the molecule is c1ccc2cc(-c3nc(-c4nc5c6sc7ccccc7c6c6ccccc6c5c5ccccc45)nc4sc5ccccc5c34)ccc2c1. The monoisotopic (exact) mass is 645 g/mol. The van der Waals surface area contributed by atoms with Crippen molar-refractivity contribution in [3.8, 4) is 22.8 Å². The largest absolute Gasteiger partial charge is 0.242 e. The van der Waals surface area contributed by atoms with Gasteiger partial charge in [-0.3, -0.25) is 0 Å². The van der Waals surface area contributed by atoms with Crippen LogP contribution in [0.5, 0.6) is 0 Å². The zero-order valence-electron chi connectivity index (χ0n) is 25.4. The first-order chi connectivity index (χ1) is 23.8. The zero-order valence-corrected chi connectivity index (χ0v) is 27.1. The molecular formula is C43H23N3S2. The maximum Gasteiger partial charge on any atom is 0.180 e. The molecule has 0 spiro atoms. The third kappa shape index (κ3) is 3.66.